The van der Waals surface area contributed by atoms with Gasteiger partial charge in [0.15, 0.2) is 0 Å². The number of rotatable bonds is 3. The molecule has 1 N–H and O–H groups in total. The average Bonchev–Trinajstić information content (AvgIpc) is 2.73. The van der Waals surface area contributed by atoms with Crippen LogP contribution in [0.2, 0.25) is 0 Å². The van der Waals surface area contributed by atoms with E-state index in [0.29, 0.717) is 16.8 Å². The number of fused-ring (bicyclic) bond motifs is 1. The van der Waals surface area contributed by atoms with Crippen LogP contribution in [0, 0.1) is 11.3 Å². The highest BCUT2D eigenvalue weighted by Gasteiger charge is 2.14. The third kappa shape index (κ3) is 3.64. The smallest absolute Gasteiger partial charge is 0.256 e. The zero-order valence-electron chi connectivity index (χ0n) is 14.7. The van der Waals surface area contributed by atoms with Gasteiger partial charge in [-0.2, -0.15) is 5.26 Å². The highest BCUT2D eigenvalue weighted by atomic mass is 79.9. The van der Waals surface area contributed by atoms with Gasteiger partial charge in [-0.1, -0.05) is 52.3 Å². The Kier molecular flexibility index (Phi) is 4.88. The maximum absolute atomic E-state index is 13.0. The Morgan fingerprint density at radius 2 is 1.75 bits per heavy atom. The molecule has 0 fully saturated rings. The van der Waals surface area contributed by atoms with E-state index in [2.05, 4.69) is 27.3 Å². The van der Waals surface area contributed by atoms with E-state index >= 15 is 0 Å². The van der Waals surface area contributed by atoms with Crippen LogP contribution in [0.15, 0.2) is 83.3 Å². The van der Waals surface area contributed by atoms with Gasteiger partial charge in [-0.25, -0.2) is 4.98 Å². The molecule has 0 bridgehead atoms. The Balaban J connectivity index is 1.79. The van der Waals surface area contributed by atoms with Crippen LogP contribution in [0.1, 0.15) is 15.9 Å². The maximum atomic E-state index is 13.0. The number of halogens is 1. The molecule has 0 radical (unpaired) electrons. The van der Waals surface area contributed by atoms with Crippen LogP contribution in [-0.4, -0.2) is 10.9 Å². The fraction of sp³-hybridized carbons (Fsp3) is 0. The van der Waals surface area contributed by atoms with E-state index in [0.717, 1.165) is 26.6 Å². The third-order valence-electron chi connectivity index (χ3n) is 4.35. The summed E-state index contributed by atoms with van der Waals surface area (Å²) in [7, 11) is 0. The summed E-state index contributed by atoms with van der Waals surface area (Å²) < 4.78 is 0.979. The Morgan fingerprint density at radius 3 is 2.54 bits per heavy atom. The fourth-order valence-corrected chi connectivity index (χ4v) is 3.26. The molecule has 0 saturated carbocycles. The molecule has 5 heteroatoms. The Hall–Kier alpha value is -3.49. The van der Waals surface area contributed by atoms with Crippen molar-refractivity contribution in [1.29, 1.82) is 5.26 Å². The quantitative estimate of drug-likeness (QED) is 0.449. The van der Waals surface area contributed by atoms with Gasteiger partial charge in [0.1, 0.15) is 0 Å². The minimum absolute atomic E-state index is 0.243. The number of nitriles is 1. The van der Waals surface area contributed by atoms with Gasteiger partial charge in [0.25, 0.3) is 5.91 Å². The predicted molar refractivity (Wildman–Crippen MR) is 114 cm³/mol. The summed E-state index contributed by atoms with van der Waals surface area (Å²) in [5.74, 6) is -0.243. The first-order chi connectivity index (χ1) is 13.6. The van der Waals surface area contributed by atoms with E-state index in [-0.39, 0.29) is 5.91 Å². The maximum Gasteiger partial charge on any atom is 0.256 e. The normalized spacial score (nSPS) is 10.4. The molecule has 4 nitrogen and oxygen atoms in total. The van der Waals surface area contributed by atoms with Gasteiger partial charge < -0.3 is 5.32 Å². The van der Waals surface area contributed by atoms with Crippen molar-refractivity contribution in [1.82, 2.24) is 4.98 Å². The number of pyridine rings is 1. The molecular weight excluding hydrogens is 414 g/mol. The van der Waals surface area contributed by atoms with Crippen LogP contribution in [0.3, 0.4) is 0 Å². The van der Waals surface area contributed by atoms with Gasteiger partial charge in [-0.3, -0.25) is 4.79 Å². The SMILES string of the molecule is N#Cc1cccc(NC(=O)c2cc(-c3ccc(Br)cc3)nc3ccccc23)c1. The lowest BCUT2D eigenvalue weighted by molar-refractivity contribution is 0.102. The average molecular weight is 428 g/mol. The molecule has 28 heavy (non-hydrogen) atoms. The van der Waals surface area contributed by atoms with Gasteiger partial charge in [0, 0.05) is 21.1 Å². The highest BCUT2D eigenvalue weighted by molar-refractivity contribution is 9.10. The molecular formula is C23H14BrN3O. The van der Waals surface area contributed by atoms with E-state index in [1.165, 1.54) is 0 Å². The number of carbonyl (C=O) groups excluding carboxylic acids is 1. The number of nitrogens with one attached hydrogen (secondary N) is 1. The molecule has 0 aliphatic carbocycles. The monoisotopic (exact) mass is 427 g/mol. The van der Waals surface area contributed by atoms with Crippen molar-refractivity contribution in [2.75, 3.05) is 5.32 Å². The molecule has 0 atom stereocenters. The Bertz CT molecular complexity index is 1230. The van der Waals surface area contributed by atoms with Crippen molar-refractivity contribution in [3.63, 3.8) is 0 Å². The lowest BCUT2D eigenvalue weighted by Gasteiger charge is -2.11. The van der Waals surface area contributed by atoms with E-state index in [1.54, 1.807) is 30.3 Å². The Labute approximate surface area is 170 Å². The molecule has 0 aliphatic rings. The minimum atomic E-state index is -0.243. The number of nitrogens with zero attached hydrogens (tertiary/aromatic N) is 2. The molecule has 0 saturated heterocycles. The standard InChI is InChI=1S/C23H14BrN3O/c24-17-10-8-16(9-11-17)22-13-20(19-6-1-2-7-21(19)27-22)23(28)26-18-5-3-4-15(12-18)14-25/h1-13H,(H,26,28). The van der Waals surface area contributed by atoms with Crippen molar-refractivity contribution in [2.24, 2.45) is 0 Å². The zero-order chi connectivity index (χ0) is 19.5. The fourth-order valence-electron chi connectivity index (χ4n) is 3.00. The molecule has 3 aromatic carbocycles. The molecule has 0 spiro atoms. The number of para-hydroxylation sites is 1. The zero-order valence-corrected chi connectivity index (χ0v) is 16.3. The third-order valence-corrected chi connectivity index (χ3v) is 4.88. The summed E-state index contributed by atoms with van der Waals surface area (Å²) in [6.45, 7) is 0. The highest BCUT2D eigenvalue weighted by Crippen LogP contribution is 2.26. The minimum Gasteiger partial charge on any atom is -0.322 e. The van der Waals surface area contributed by atoms with Crippen molar-refractivity contribution >= 4 is 38.4 Å². The van der Waals surface area contributed by atoms with E-state index < -0.39 is 0 Å². The number of carbonyl (C=O) groups is 1. The number of aromatic nitrogens is 1. The second-order valence-electron chi connectivity index (χ2n) is 6.23. The van der Waals surface area contributed by atoms with Gasteiger partial charge in [0.05, 0.1) is 28.4 Å². The Morgan fingerprint density at radius 1 is 0.964 bits per heavy atom. The van der Waals surface area contributed by atoms with Gasteiger partial charge >= 0.3 is 0 Å². The number of anilines is 1. The van der Waals surface area contributed by atoms with E-state index in [9.17, 15) is 4.79 Å². The summed E-state index contributed by atoms with van der Waals surface area (Å²) in [6, 6.07) is 26.1. The van der Waals surface area contributed by atoms with Crippen molar-refractivity contribution in [3.05, 3.63) is 94.5 Å². The van der Waals surface area contributed by atoms with Crippen LogP contribution >= 0.6 is 15.9 Å². The van der Waals surface area contributed by atoms with E-state index in [1.807, 2.05) is 48.5 Å². The lowest BCUT2D eigenvalue weighted by atomic mass is 10.0. The second kappa shape index (κ2) is 7.63. The van der Waals surface area contributed by atoms with Crippen molar-refractivity contribution < 1.29 is 4.79 Å². The van der Waals surface area contributed by atoms with Crippen LogP contribution in [0.5, 0.6) is 0 Å². The topological polar surface area (TPSA) is 65.8 Å². The van der Waals surface area contributed by atoms with Gasteiger partial charge in [0.2, 0.25) is 0 Å². The number of amides is 1. The first-order valence-corrected chi connectivity index (χ1v) is 9.40. The largest absolute Gasteiger partial charge is 0.322 e. The van der Waals surface area contributed by atoms with Gasteiger partial charge in [-0.05, 0) is 42.5 Å². The molecule has 1 aromatic heterocycles. The molecule has 0 unspecified atom stereocenters. The number of hydrogen-bond donors (Lipinski definition) is 1. The summed E-state index contributed by atoms with van der Waals surface area (Å²) >= 11 is 3.44. The summed E-state index contributed by atoms with van der Waals surface area (Å²) in [4.78, 5) is 17.8. The molecule has 1 amide bonds. The van der Waals surface area contributed by atoms with Gasteiger partial charge in [-0.15, -0.1) is 0 Å². The first kappa shape index (κ1) is 17.9. The first-order valence-electron chi connectivity index (χ1n) is 8.61. The summed E-state index contributed by atoms with van der Waals surface area (Å²) in [5, 5.41) is 12.7. The van der Waals surface area contributed by atoms with Crippen LogP contribution in [0.4, 0.5) is 5.69 Å². The predicted octanol–water partition coefficient (Wildman–Crippen LogP) is 5.79. The summed E-state index contributed by atoms with van der Waals surface area (Å²) in [6.07, 6.45) is 0. The van der Waals surface area contributed by atoms with Crippen LogP contribution in [-0.2, 0) is 0 Å². The molecule has 4 rings (SSSR count). The molecule has 4 aromatic rings. The summed E-state index contributed by atoms with van der Waals surface area (Å²) in [5.41, 5.74) is 4.00. The van der Waals surface area contributed by atoms with E-state index in [4.69, 9.17) is 10.2 Å². The lowest BCUT2D eigenvalue weighted by Crippen LogP contribution is -2.13. The van der Waals surface area contributed by atoms with Crippen LogP contribution < -0.4 is 5.32 Å². The number of benzene rings is 3. The number of hydrogen-bond acceptors (Lipinski definition) is 3. The molecule has 134 valence electrons. The van der Waals surface area contributed by atoms with Crippen LogP contribution in [0.25, 0.3) is 22.2 Å². The van der Waals surface area contributed by atoms with Crippen molar-refractivity contribution in [2.45, 2.75) is 0 Å². The molecule has 1 heterocycles. The van der Waals surface area contributed by atoms with Crippen molar-refractivity contribution in [3.8, 4) is 17.3 Å². The molecule has 0 aliphatic heterocycles. The second-order valence-corrected chi connectivity index (χ2v) is 7.14.